The largest absolute Gasteiger partial charge is 0.338 e. The van der Waals surface area contributed by atoms with Crippen LogP contribution in [-0.2, 0) is 4.79 Å². The summed E-state index contributed by atoms with van der Waals surface area (Å²) < 4.78 is 0. The van der Waals surface area contributed by atoms with E-state index in [1.54, 1.807) is 29.4 Å². The molecule has 1 saturated heterocycles. The van der Waals surface area contributed by atoms with Crippen LogP contribution in [0.2, 0.25) is 0 Å². The first kappa shape index (κ1) is 10.8. The van der Waals surface area contributed by atoms with Gasteiger partial charge >= 0.3 is 0 Å². The van der Waals surface area contributed by atoms with E-state index in [2.05, 4.69) is 4.98 Å². The molecule has 0 atom stereocenters. The number of hydrogen-bond acceptors (Lipinski definition) is 3. The summed E-state index contributed by atoms with van der Waals surface area (Å²) in [7, 11) is 0. The Morgan fingerprint density at radius 1 is 1.31 bits per heavy atom. The van der Waals surface area contributed by atoms with Crippen LogP contribution in [0, 0.1) is 0 Å². The molecule has 1 aromatic rings. The van der Waals surface area contributed by atoms with E-state index in [1.165, 1.54) is 0 Å². The molecule has 0 N–H and O–H groups in total. The Morgan fingerprint density at radius 3 is 2.94 bits per heavy atom. The number of carbonyl (C=O) groups is 2. The average Bonchev–Trinajstić information content (AvgIpc) is 2.54. The van der Waals surface area contributed by atoms with Crippen LogP contribution in [0.15, 0.2) is 24.5 Å². The summed E-state index contributed by atoms with van der Waals surface area (Å²) in [5.74, 6) is 0.226. The van der Waals surface area contributed by atoms with Gasteiger partial charge in [-0.3, -0.25) is 14.6 Å². The Labute approximate surface area is 94.3 Å². The predicted molar refractivity (Wildman–Crippen MR) is 59.0 cm³/mol. The molecular formula is C12H14N2O2. The van der Waals surface area contributed by atoms with E-state index in [0.717, 1.165) is 6.42 Å². The second-order valence-corrected chi connectivity index (χ2v) is 3.93. The van der Waals surface area contributed by atoms with E-state index in [9.17, 15) is 9.59 Å². The zero-order valence-electron chi connectivity index (χ0n) is 9.06. The van der Waals surface area contributed by atoms with E-state index in [4.69, 9.17) is 0 Å². The van der Waals surface area contributed by atoms with Gasteiger partial charge in [0, 0.05) is 38.3 Å². The molecule has 0 radical (unpaired) electrons. The van der Waals surface area contributed by atoms with E-state index < -0.39 is 0 Å². The van der Waals surface area contributed by atoms with Crippen molar-refractivity contribution in [3.63, 3.8) is 0 Å². The molecule has 0 spiro atoms. The number of hydrogen-bond donors (Lipinski definition) is 0. The highest BCUT2D eigenvalue weighted by atomic mass is 16.2. The summed E-state index contributed by atoms with van der Waals surface area (Å²) in [4.78, 5) is 28.9. The number of pyridine rings is 1. The lowest BCUT2D eigenvalue weighted by atomic mass is 10.2. The van der Waals surface area contributed by atoms with Gasteiger partial charge in [-0.1, -0.05) is 0 Å². The first-order chi connectivity index (χ1) is 7.77. The first-order valence-electron chi connectivity index (χ1n) is 5.48. The summed E-state index contributed by atoms with van der Waals surface area (Å²) in [5.41, 5.74) is 0.594. The minimum atomic E-state index is -0.0252. The number of carbonyl (C=O) groups excluding carboxylic acids is 2. The summed E-state index contributed by atoms with van der Waals surface area (Å²) in [6, 6.07) is 3.50. The predicted octanol–water partition coefficient (Wildman–Crippen LogP) is 1.28. The van der Waals surface area contributed by atoms with Gasteiger partial charge in [-0.15, -0.1) is 0 Å². The lowest BCUT2D eigenvalue weighted by Crippen LogP contribution is -2.32. The van der Waals surface area contributed by atoms with Crippen LogP contribution in [0.25, 0.3) is 0 Å². The lowest BCUT2D eigenvalue weighted by molar-refractivity contribution is -0.118. The minimum Gasteiger partial charge on any atom is -0.338 e. The van der Waals surface area contributed by atoms with Crippen molar-refractivity contribution in [2.75, 3.05) is 13.1 Å². The van der Waals surface area contributed by atoms with Gasteiger partial charge in [-0.05, 0) is 18.6 Å². The van der Waals surface area contributed by atoms with Crippen molar-refractivity contribution in [2.24, 2.45) is 0 Å². The maximum absolute atomic E-state index is 12.0. The van der Waals surface area contributed by atoms with Crippen LogP contribution >= 0.6 is 0 Å². The molecule has 0 unspecified atom stereocenters. The van der Waals surface area contributed by atoms with Gasteiger partial charge in [0.25, 0.3) is 5.91 Å². The van der Waals surface area contributed by atoms with Crippen LogP contribution in [0.5, 0.6) is 0 Å². The SMILES string of the molecule is O=C1CCCN(C(=O)c2cccnc2)CC1. The van der Waals surface area contributed by atoms with Gasteiger partial charge in [0.15, 0.2) is 0 Å². The van der Waals surface area contributed by atoms with Gasteiger partial charge in [-0.2, -0.15) is 0 Å². The van der Waals surface area contributed by atoms with E-state index in [1.807, 2.05) is 0 Å². The average molecular weight is 218 g/mol. The highest BCUT2D eigenvalue weighted by Gasteiger charge is 2.19. The molecule has 4 nitrogen and oxygen atoms in total. The van der Waals surface area contributed by atoms with Crippen molar-refractivity contribution in [3.05, 3.63) is 30.1 Å². The molecule has 1 aliphatic heterocycles. The van der Waals surface area contributed by atoms with Crippen molar-refractivity contribution in [2.45, 2.75) is 19.3 Å². The van der Waals surface area contributed by atoms with Crippen molar-refractivity contribution < 1.29 is 9.59 Å². The van der Waals surface area contributed by atoms with Crippen LogP contribution in [0.3, 0.4) is 0 Å². The van der Waals surface area contributed by atoms with Crippen LogP contribution in [-0.4, -0.2) is 34.7 Å². The summed E-state index contributed by atoms with van der Waals surface area (Å²) >= 11 is 0. The molecule has 1 aromatic heterocycles. The monoisotopic (exact) mass is 218 g/mol. The van der Waals surface area contributed by atoms with Crippen LogP contribution in [0.4, 0.5) is 0 Å². The van der Waals surface area contributed by atoms with Crippen molar-refractivity contribution >= 4 is 11.7 Å². The second kappa shape index (κ2) is 4.88. The Balaban J connectivity index is 2.07. The molecule has 1 fully saturated rings. The standard InChI is InChI=1S/C12H14N2O2/c15-11-4-2-7-14(8-5-11)12(16)10-3-1-6-13-9-10/h1,3,6,9H,2,4-5,7-8H2. The van der Waals surface area contributed by atoms with Gasteiger partial charge < -0.3 is 4.90 Å². The smallest absolute Gasteiger partial charge is 0.255 e. The van der Waals surface area contributed by atoms with Gasteiger partial charge in [-0.25, -0.2) is 0 Å². The molecule has 16 heavy (non-hydrogen) atoms. The number of likely N-dealkylation sites (tertiary alicyclic amines) is 1. The Bertz CT molecular complexity index is 389. The fourth-order valence-corrected chi connectivity index (χ4v) is 1.84. The molecule has 1 aliphatic rings. The third-order valence-electron chi connectivity index (χ3n) is 2.74. The Kier molecular flexibility index (Phi) is 3.29. The zero-order chi connectivity index (χ0) is 11.4. The van der Waals surface area contributed by atoms with Gasteiger partial charge in [0.05, 0.1) is 5.56 Å². The molecule has 0 aliphatic carbocycles. The summed E-state index contributed by atoms with van der Waals surface area (Å²) in [5, 5.41) is 0. The molecule has 0 bridgehead atoms. The van der Waals surface area contributed by atoms with Crippen molar-refractivity contribution in [1.82, 2.24) is 9.88 Å². The molecular weight excluding hydrogens is 204 g/mol. The van der Waals surface area contributed by atoms with E-state index in [-0.39, 0.29) is 11.7 Å². The first-order valence-corrected chi connectivity index (χ1v) is 5.48. The van der Waals surface area contributed by atoms with Crippen LogP contribution in [0.1, 0.15) is 29.6 Å². The highest BCUT2D eigenvalue weighted by Crippen LogP contribution is 2.10. The zero-order valence-corrected chi connectivity index (χ0v) is 9.06. The molecule has 0 saturated carbocycles. The molecule has 2 rings (SSSR count). The second-order valence-electron chi connectivity index (χ2n) is 3.93. The van der Waals surface area contributed by atoms with Crippen molar-refractivity contribution in [3.8, 4) is 0 Å². The van der Waals surface area contributed by atoms with Gasteiger partial charge in [0.2, 0.25) is 0 Å². The molecule has 1 amide bonds. The molecule has 0 aromatic carbocycles. The fourth-order valence-electron chi connectivity index (χ4n) is 1.84. The third-order valence-corrected chi connectivity index (χ3v) is 2.74. The Morgan fingerprint density at radius 2 is 2.19 bits per heavy atom. The van der Waals surface area contributed by atoms with Crippen LogP contribution < -0.4 is 0 Å². The van der Waals surface area contributed by atoms with Crippen molar-refractivity contribution in [1.29, 1.82) is 0 Å². The summed E-state index contributed by atoms with van der Waals surface area (Å²) in [6.07, 6.45) is 5.05. The molecule has 84 valence electrons. The third kappa shape index (κ3) is 2.45. The maximum Gasteiger partial charge on any atom is 0.255 e. The van der Waals surface area contributed by atoms with E-state index in [0.29, 0.717) is 31.5 Å². The quantitative estimate of drug-likeness (QED) is 0.713. The fraction of sp³-hybridized carbons (Fsp3) is 0.417. The topological polar surface area (TPSA) is 50.3 Å². The number of Topliss-reactive ketones (excluding diaryl/α,β-unsaturated/α-hetero) is 1. The van der Waals surface area contributed by atoms with E-state index >= 15 is 0 Å². The van der Waals surface area contributed by atoms with Gasteiger partial charge in [0.1, 0.15) is 5.78 Å². The normalized spacial score (nSPS) is 17.0. The summed E-state index contributed by atoms with van der Waals surface area (Å²) in [6.45, 7) is 1.20. The number of nitrogens with zero attached hydrogens (tertiary/aromatic N) is 2. The Hall–Kier alpha value is -1.71. The number of rotatable bonds is 1. The molecule has 4 heteroatoms. The lowest BCUT2D eigenvalue weighted by Gasteiger charge is -2.19. The number of ketones is 1. The maximum atomic E-state index is 12.0. The molecule has 2 heterocycles. The highest BCUT2D eigenvalue weighted by molar-refractivity contribution is 5.94. The number of amides is 1. The number of aromatic nitrogens is 1. The minimum absolute atomic E-state index is 0.0252.